The monoisotopic (exact) mass is 228 g/mol. The summed E-state index contributed by atoms with van der Waals surface area (Å²) in [7, 11) is 2.03. The van der Waals surface area contributed by atoms with Crippen molar-refractivity contribution in [2.24, 2.45) is 0 Å². The summed E-state index contributed by atoms with van der Waals surface area (Å²) in [6, 6.07) is 0. The van der Waals surface area contributed by atoms with E-state index in [0.29, 0.717) is 6.10 Å². The minimum atomic E-state index is 0.496. The summed E-state index contributed by atoms with van der Waals surface area (Å²) >= 11 is 0. The molecule has 1 fully saturated rings. The van der Waals surface area contributed by atoms with E-state index in [1.165, 1.54) is 45.2 Å². The first-order valence-corrected chi connectivity index (χ1v) is 6.85. The molecular weight excluding hydrogens is 200 g/mol. The lowest BCUT2D eigenvalue weighted by Crippen LogP contribution is -2.40. The van der Waals surface area contributed by atoms with Crippen molar-refractivity contribution in [2.75, 3.05) is 39.8 Å². The fourth-order valence-corrected chi connectivity index (χ4v) is 2.40. The molecule has 0 spiro atoms. The first-order valence-electron chi connectivity index (χ1n) is 6.85. The van der Waals surface area contributed by atoms with Crippen molar-refractivity contribution >= 4 is 0 Å². The van der Waals surface area contributed by atoms with E-state index in [1.807, 2.05) is 7.05 Å². The predicted molar refractivity (Wildman–Crippen MR) is 68.9 cm³/mol. The zero-order valence-electron chi connectivity index (χ0n) is 11.0. The molecule has 0 aromatic heterocycles. The lowest BCUT2D eigenvalue weighted by molar-refractivity contribution is 0.00559. The zero-order chi connectivity index (χ0) is 11.6. The second-order valence-corrected chi connectivity index (χ2v) is 4.68. The molecule has 1 atom stereocenters. The number of nitrogens with zero attached hydrogens (tertiary/aromatic N) is 1. The summed E-state index contributed by atoms with van der Waals surface area (Å²) in [6.07, 6.45) is 7.04. The van der Waals surface area contributed by atoms with Crippen molar-refractivity contribution in [3.63, 3.8) is 0 Å². The SMILES string of the molecule is CCOC1CCCN(CCCCCNC)C1. The lowest BCUT2D eigenvalue weighted by atomic mass is 10.1. The number of ether oxygens (including phenoxy) is 1. The van der Waals surface area contributed by atoms with Gasteiger partial charge in [-0.3, -0.25) is 0 Å². The Balaban J connectivity index is 2.02. The van der Waals surface area contributed by atoms with Crippen LogP contribution in [0.15, 0.2) is 0 Å². The molecule has 1 heterocycles. The van der Waals surface area contributed by atoms with Crippen LogP contribution >= 0.6 is 0 Å². The molecule has 0 aromatic rings. The zero-order valence-corrected chi connectivity index (χ0v) is 11.0. The topological polar surface area (TPSA) is 24.5 Å². The van der Waals surface area contributed by atoms with Crippen LogP contribution in [0, 0.1) is 0 Å². The van der Waals surface area contributed by atoms with Crippen molar-refractivity contribution in [2.45, 2.75) is 45.1 Å². The fourth-order valence-electron chi connectivity index (χ4n) is 2.40. The van der Waals surface area contributed by atoms with E-state index >= 15 is 0 Å². The largest absolute Gasteiger partial charge is 0.377 e. The number of rotatable bonds is 8. The van der Waals surface area contributed by atoms with Crippen molar-refractivity contribution < 1.29 is 4.74 Å². The van der Waals surface area contributed by atoms with Crippen LogP contribution < -0.4 is 5.32 Å². The first-order chi connectivity index (χ1) is 7.86. The fraction of sp³-hybridized carbons (Fsp3) is 1.00. The smallest absolute Gasteiger partial charge is 0.0702 e. The molecule has 3 nitrogen and oxygen atoms in total. The molecular formula is C13H28N2O. The molecule has 0 saturated carbocycles. The van der Waals surface area contributed by atoms with Crippen LogP contribution in [0.3, 0.4) is 0 Å². The van der Waals surface area contributed by atoms with E-state index in [4.69, 9.17) is 4.74 Å². The summed E-state index contributed by atoms with van der Waals surface area (Å²) in [5.74, 6) is 0. The van der Waals surface area contributed by atoms with Gasteiger partial charge in [0.05, 0.1) is 6.10 Å². The molecule has 0 aromatic carbocycles. The minimum absolute atomic E-state index is 0.496. The minimum Gasteiger partial charge on any atom is -0.377 e. The third-order valence-corrected chi connectivity index (χ3v) is 3.27. The van der Waals surface area contributed by atoms with Crippen LogP contribution in [0.4, 0.5) is 0 Å². The molecule has 3 heteroatoms. The van der Waals surface area contributed by atoms with Gasteiger partial charge in [0.15, 0.2) is 0 Å². The number of unbranched alkanes of at least 4 members (excludes halogenated alkanes) is 2. The summed E-state index contributed by atoms with van der Waals surface area (Å²) in [6.45, 7) is 7.79. The molecule has 0 radical (unpaired) electrons. The molecule has 16 heavy (non-hydrogen) atoms. The van der Waals surface area contributed by atoms with Gasteiger partial charge in [-0.2, -0.15) is 0 Å². The molecule has 96 valence electrons. The third kappa shape index (κ3) is 5.83. The standard InChI is InChI=1S/C13H28N2O/c1-3-16-13-8-7-11-15(12-13)10-6-4-5-9-14-2/h13-14H,3-12H2,1-2H3. The average molecular weight is 228 g/mol. The van der Waals surface area contributed by atoms with Gasteiger partial charge in [-0.25, -0.2) is 0 Å². The molecule has 0 bridgehead atoms. The summed E-state index contributed by atoms with van der Waals surface area (Å²) in [5, 5.41) is 3.20. The van der Waals surface area contributed by atoms with E-state index < -0.39 is 0 Å². The van der Waals surface area contributed by atoms with Gasteiger partial charge in [-0.1, -0.05) is 6.42 Å². The van der Waals surface area contributed by atoms with Crippen LogP contribution in [-0.4, -0.2) is 50.8 Å². The Kier molecular flexibility index (Phi) is 7.81. The first kappa shape index (κ1) is 13.9. The van der Waals surface area contributed by atoms with Crippen molar-refractivity contribution in [3.05, 3.63) is 0 Å². The van der Waals surface area contributed by atoms with Gasteiger partial charge in [0, 0.05) is 13.2 Å². The maximum atomic E-state index is 5.71. The van der Waals surface area contributed by atoms with Gasteiger partial charge in [0.25, 0.3) is 0 Å². The second-order valence-electron chi connectivity index (χ2n) is 4.68. The molecule has 1 aliphatic rings. The van der Waals surface area contributed by atoms with Crippen LogP contribution in [0.2, 0.25) is 0 Å². The Labute approximate surface area is 101 Å². The number of hydrogen-bond donors (Lipinski definition) is 1. The van der Waals surface area contributed by atoms with Crippen LogP contribution in [0.25, 0.3) is 0 Å². The molecule has 1 rings (SSSR count). The predicted octanol–water partition coefficient (Wildman–Crippen LogP) is 1.88. The summed E-state index contributed by atoms with van der Waals surface area (Å²) in [4.78, 5) is 2.57. The van der Waals surface area contributed by atoms with Gasteiger partial charge in [0.1, 0.15) is 0 Å². The Morgan fingerprint density at radius 2 is 2.19 bits per heavy atom. The van der Waals surface area contributed by atoms with E-state index in [9.17, 15) is 0 Å². The van der Waals surface area contributed by atoms with Gasteiger partial charge < -0.3 is 15.0 Å². The van der Waals surface area contributed by atoms with E-state index in [1.54, 1.807) is 0 Å². The number of hydrogen-bond acceptors (Lipinski definition) is 3. The normalized spacial score (nSPS) is 22.5. The third-order valence-electron chi connectivity index (χ3n) is 3.27. The number of likely N-dealkylation sites (tertiary alicyclic amines) is 1. The maximum absolute atomic E-state index is 5.71. The van der Waals surface area contributed by atoms with Crippen molar-refractivity contribution in [1.82, 2.24) is 10.2 Å². The molecule has 0 amide bonds. The highest BCUT2D eigenvalue weighted by Gasteiger charge is 2.18. The Bertz CT molecular complexity index is 162. The molecule has 1 aliphatic heterocycles. The maximum Gasteiger partial charge on any atom is 0.0702 e. The van der Waals surface area contributed by atoms with Crippen LogP contribution in [0.5, 0.6) is 0 Å². The average Bonchev–Trinajstić information content (AvgIpc) is 2.30. The van der Waals surface area contributed by atoms with Gasteiger partial charge in [0.2, 0.25) is 0 Å². The quantitative estimate of drug-likeness (QED) is 0.642. The molecule has 0 aliphatic carbocycles. The summed E-state index contributed by atoms with van der Waals surface area (Å²) in [5.41, 5.74) is 0. The van der Waals surface area contributed by atoms with Crippen molar-refractivity contribution in [1.29, 1.82) is 0 Å². The highest BCUT2D eigenvalue weighted by Crippen LogP contribution is 2.13. The van der Waals surface area contributed by atoms with Gasteiger partial charge in [-0.05, 0) is 59.3 Å². The Morgan fingerprint density at radius 3 is 2.94 bits per heavy atom. The van der Waals surface area contributed by atoms with E-state index in [0.717, 1.165) is 19.7 Å². The Hall–Kier alpha value is -0.120. The molecule has 1 N–H and O–H groups in total. The number of nitrogens with one attached hydrogen (secondary N) is 1. The van der Waals surface area contributed by atoms with Crippen LogP contribution in [0.1, 0.15) is 39.0 Å². The molecule has 1 unspecified atom stereocenters. The van der Waals surface area contributed by atoms with Crippen LogP contribution in [-0.2, 0) is 4.74 Å². The van der Waals surface area contributed by atoms with E-state index in [-0.39, 0.29) is 0 Å². The Morgan fingerprint density at radius 1 is 1.31 bits per heavy atom. The highest BCUT2D eigenvalue weighted by atomic mass is 16.5. The highest BCUT2D eigenvalue weighted by molar-refractivity contribution is 4.73. The second kappa shape index (κ2) is 8.97. The van der Waals surface area contributed by atoms with Gasteiger partial charge in [-0.15, -0.1) is 0 Å². The number of piperidine rings is 1. The van der Waals surface area contributed by atoms with Crippen molar-refractivity contribution in [3.8, 4) is 0 Å². The lowest BCUT2D eigenvalue weighted by Gasteiger charge is -2.32. The van der Waals surface area contributed by atoms with E-state index in [2.05, 4.69) is 17.1 Å². The summed E-state index contributed by atoms with van der Waals surface area (Å²) < 4.78 is 5.71. The molecule has 1 saturated heterocycles. The van der Waals surface area contributed by atoms with Gasteiger partial charge >= 0.3 is 0 Å².